The third kappa shape index (κ3) is 4.67. The van der Waals surface area contributed by atoms with Crippen molar-refractivity contribution >= 4 is 28.7 Å². The predicted octanol–water partition coefficient (Wildman–Crippen LogP) is 4.67. The average molecular weight is 350 g/mol. The van der Waals surface area contributed by atoms with E-state index < -0.39 is 0 Å². The second-order valence-electron chi connectivity index (χ2n) is 6.23. The van der Waals surface area contributed by atoms with Gasteiger partial charge < -0.3 is 10.6 Å². The van der Waals surface area contributed by atoms with Crippen LogP contribution in [0.3, 0.4) is 0 Å². The first kappa shape index (κ1) is 17.2. The zero-order valence-corrected chi connectivity index (χ0v) is 15.5. The molecule has 0 bridgehead atoms. The summed E-state index contributed by atoms with van der Waals surface area (Å²) in [5.41, 5.74) is 6.58. The molecule has 0 aliphatic carbocycles. The Labute approximate surface area is 153 Å². The average Bonchev–Trinajstić information content (AvgIpc) is 2.89. The van der Waals surface area contributed by atoms with Gasteiger partial charge in [-0.3, -0.25) is 4.68 Å². The zero-order chi connectivity index (χ0) is 17.8. The number of nitrogens with zero attached hydrogens (tertiary/aromatic N) is 2. The van der Waals surface area contributed by atoms with Crippen LogP contribution in [0.25, 0.3) is 0 Å². The van der Waals surface area contributed by atoms with E-state index in [9.17, 15) is 0 Å². The van der Waals surface area contributed by atoms with Crippen molar-refractivity contribution in [2.45, 2.75) is 27.3 Å². The van der Waals surface area contributed by atoms with Gasteiger partial charge in [-0.15, -0.1) is 0 Å². The largest absolute Gasteiger partial charge is 0.332 e. The van der Waals surface area contributed by atoms with Gasteiger partial charge in [0.15, 0.2) is 5.11 Å². The minimum absolute atomic E-state index is 0.579. The first-order valence-corrected chi connectivity index (χ1v) is 8.65. The summed E-state index contributed by atoms with van der Waals surface area (Å²) in [6, 6.07) is 18.5. The van der Waals surface area contributed by atoms with Crippen molar-refractivity contribution in [3.63, 3.8) is 0 Å². The second kappa shape index (κ2) is 7.49. The van der Waals surface area contributed by atoms with Crippen LogP contribution < -0.4 is 10.6 Å². The van der Waals surface area contributed by atoms with Crippen LogP contribution in [-0.4, -0.2) is 14.9 Å². The number of thiocarbonyl (C=S) groups is 1. The Morgan fingerprint density at radius 3 is 2.00 bits per heavy atom. The topological polar surface area (TPSA) is 41.9 Å². The van der Waals surface area contributed by atoms with Gasteiger partial charge in [-0.25, -0.2) is 0 Å². The maximum atomic E-state index is 5.37. The lowest BCUT2D eigenvalue weighted by atomic mass is 10.2. The lowest BCUT2D eigenvalue weighted by Crippen LogP contribution is -2.19. The molecule has 0 radical (unpaired) electrons. The Morgan fingerprint density at radius 2 is 1.48 bits per heavy atom. The zero-order valence-electron chi connectivity index (χ0n) is 14.7. The Bertz CT molecular complexity index is 864. The molecule has 128 valence electrons. The molecule has 0 saturated heterocycles. The van der Waals surface area contributed by atoms with E-state index in [0.29, 0.717) is 5.11 Å². The molecule has 0 saturated carbocycles. The molecule has 2 N–H and O–H groups in total. The van der Waals surface area contributed by atoms with Gasteiger partial charge in [0.1, 0.15) is 0 Å². The molecule has 0 aliphatic rings. The van der Waals surface area contributed by atoms with E-state index >= 15 is 0 Å². The fourth-order valence-electron chi connectivity index (χ4n) is 2.63. The lowest BCUT2D eigenvalue weighted by Gasteiger charge is -2.11. The number of benzene rings is 2. The summed E-state index contributed by atoms with van der Waals surface area (Å²) < 4.78 is 2.02. The first-order chi connectivity index (χ1) is 12.0. The quantitative estimate of drug-likeness (QED) is 0.671. The van der Waals surface area contributed by atoms with Crippen molar-refractivity contribution in [2.75, 3.05) is 10.6 Å². The third-order valence-corrected chi connectivity index (χ3v) is 4.16. The maximum Gasteiger partial charge on any atom is 0.175 e. The van der Waals surface area contributed by atoms with Crippen LogP contribution in [0.15, 0.2) is 54.6 Å². The summed E-state index contributed by atoms with van der Waals surface area (Å²) in [6.45, 7) is 6.92. The molecular formula is C20H22N4S. The monoisotopic (exact) mass is 350 g/mol. The molecule has 0 atom stereocenters. The van der Waals surface area contributed by atoms with Gasteiger partial charge in [0.25, 0.3) is 0 Å². The summed E-state index contributed by atoms with van der Waals surface area (Å²) in [7, 11) is 0. The molecule has 3 aromatic rings. The van der Waals surface area contributed by atoms with E-state index in [1.807, 2.05) is 35.9 Å². The van der Waals surface area contributed by atoms with Gasteiger partial charge >= 0.3 is 0 Å². The Morgan fingerprint density at radius 1 is 0.920 bits per heavy atom. The van der Waals surface area contributed by atoms with E-state index in [1.165, 1.54) is 16.8 Å². The van der Waals surface area contributed by atoms with Crippen molar-refractivity contribution in [1.82, 2.24) is 9.78 Å². The van der Waals surface area contributed by atoms with Crippen molar-refractivity contribution in [3.05, 3.63) is 77.1 Å². The molecule has 0 fully saturated rings. The third-order valence-electron chi connectivity index (χ3n) is 3.96. The number of hydrogen-bond acceptors (Lipinski definition) is 2. The standard InChI is InChI=1S/C20H22N4S/c1-14-4-8-18(9-5-14)21-20(25)22-19-10-6-17(7-11-19)13-24-16(3)12-15(2)23-24/h4-12H,13H2,1-3H3,(H2,21,22,25). The molecule has 0 unspecified atom stereocenters. The minimum Gasteiger partial charge on any atom is -0.332 e. The van der Waals surface area contributed by atoms with E-state index in [-0.39, 0.29) is 0 Å². The Kier molecular flexibility index (Phi) is 5.14. The van der Waals surface area contributed by atoms with Crippen molar-refractivity contribution in [2.24, 2.45) is 0 Å². The van der Waals surface area contributed by atoms with Crippen LogP contribution >= 0.6 is 12.2 Å². The van der Waals surface area contributed by atoms with E-state index in [4.69, 9.17) is 12.2 Å². The van der Waals surface area contributed by atoms with Gasteiger partial charge in [0.05, 0.1) is 12.2 Å². The van der Waals surface area contributed by atoms with Crippen LogP contribution in [0.2, 0.25) is 0 Å². The molecule has 25 heavy (non-hydrogen) atoms. The molecule has 5 heteroatoms. The molecule has 2 aromatic carbocycles. The van der Waals surface area contributed by atoms with Gasteiger partial charge in [0, 0.05) is 17.1 Å². The highest BCUT2D eigenvalue weighted by Crippen LogP contribution is 2.14. The molecular weight excluding hydrogens is 328 g/mol. The normalized spacial score (nSPS) is 10.5. The van der Waals surface area contributed by atoms with E-state index in [0.717, 1.165) is 23.6 Å². The molecule has 4 nitrogen and oxygen atoms in total. The molecule has 1 heterocycles. The second-order valence-corrected chi connectivity index (χ2v) is 6.64. The van der Waals surface area contributed by atoms with Gasteiger partial charge in [-0.05, 0) is 68.9 Å². The van der Waals surface area contributed by atoms with Crippen LogP contribution in [0.1, 0.15) is 22.5 Å². The molecule has 0 amide bonds. The number of anilines is 2. The van der Waals surface area contributed by atoms with Crippen LogP contribution in [0.4, 0.5) is 11.4 Å². The summed E-state index contributed by atoms with van der Waals surface area (Å²) in [5, 5.41) is 11.5. The molecule has 1 aromatic heterocycles. The summed E-state index contributed by atoms with van der Waals surface area (Å²) in [5.74, 6) is 0. The number of rotatable bonds is 4. The molecule has 0 aliphatic heterocycles. The minimum atomic E-state index is 0.579. The number of hydrogen-bond donors (Lipinski definition) is 2. The van der Waals surface area contributed by atoms with E-state index in [2.05, 4.69) is 59.9 Å². The highest BCUT2D eigenvalue weighted by atomic mass is 32.1. The Hall–Kier alpha value is -2.66. The summed E-state index contributed by atoms with van der Waals surface area (Å²) >= 11 is 5.37. The Balaban J connectivity index is 1.59. The van der Waals surface area contributed by atoms with Crippen molar-refractivity contribution in [3.8, 4) is 0 Å². The molecule has 3 rings (SSSR count). The SMILES string of the molecule is Cc1ccc(NC(=S)Nc2ccc(Cn3nc(C)cc3C)cc2)cc1. The number of nitrogens with one attached hydrogen (secondary N) is 2. The molecule has 0 spiro atoms. The van der Waals surface area contributed by atoms with Crippen molar-refractivity contribution in [1.29, 1.82) is 0 Å². The lowest BCUT2D eigenvalue weighted by molar-refractivity contribution is 0.659. The fraction of sp³-hybridized carbons (Fsp3) is 0.200. The van der Waals surface area contributed by atoms with E-state index in [1.54, 1.807) is 0 Å². The smallest absolute Gasteiger partial charge is 0.175 e. The first-order valence-electron chi connectivity index (χ1n) is 8.24. The number of aryl methyl sites for hydroxylation is 3. The number of aromatic nitrogens is 2. The van der Waals surface area contributed by atoms with Gasteiger partial charge in [-0.2, -0.15) is 5.10 Å². The fourth-order valence-corrected chi connectivity index (χ4v) is 2.87. The van der Waals surface area contributed by atoms with Gasteiger partial charge in [-0.1, -0.05) is 29.8 Å². The highest BCUT2D eigenvalue weighted by Gasteiger charge is 2.03. The van der Waals surface area contributed by atoms with Crippen LogP contribution in [0, 0.1) is 20.8 Å². The van der Waals surface area contributed by atoms with Crippen LogP contribution in [-0.2, 0) is 6.54 Å². The van der Waals surface area contributed by atoms with Gasteiger partial charge in [0.2, 0.25) is 0 Å². The summed E-state index contributed by atoms with van der Waals surface area (Å²) in [4.78, 5) is 0. The predicted molar refractivity (Wildman–Crippen MR) is 108 cm³/mol. The summed E-state index contributed by atoms with van der Waals surface area (Å²) in [6.07, 6.45) is 0. The van der Waals surface area contributed by atoms with Crippen LogP contribution in [0.5, 0.6) is 0 Å². The highest BCUT2D eigenvalue weighted by molar-refractivity contribution is 7.80. The maximum absolute atomic E-state index is 5.37. The van der Waals surface area contributed by atoms with Crippen molar-refractivity contribution < 1.29 is 0 Å².